The molecule has 0 saturated heterocycles. The monoisotopic (exact) mass is 319 g/mol. The first kappa shape index (κ1) is 14.5. The molecule has 24 heavy (non-hydrogen) atoms. The predicted molar refractivity (Wildman–Crippen MR) is 93.7 cm³/mol. The van der Waals surface area contributed by atoms with Gasteiger partial charge in [-0.05, 0) is 30.7 Å². The molecule has 1 aliphatic heterocycles. The summed E-state index contributed by atoms with van der Waals surface area (Å²) in [6.45, 7) is 2.61. The van der Waals surface area contributed by atoms with Gasteiger partial charge in [0, 0.05) is 18.7 Å². The van der Waals surface area contributed by atoms with Gasteiger partial charge in [-0.1, -0.05) is 30.3 Å². The molecule has 3 aromatic rings. The molecule has 1 aromatic heterocycles. The number of carbonyl (C=O) groups excluding carboxylic acids is 1. The van der Waals surface area contributed by atoms with Crippen molar-refractivity contribution in [1.82, 2.24) is 9.55 Å². The Hall–Kier alpha value is -3.08. The molecule has 4 rings (SSSR count). The number of aliphatic hydroxyl groups excluding tert-OH is 1. The third-order valence-electron chi connectivity index (χ3n) is 4.32. The van der Waals surface area contributed by atoms with E-state index >= 15 is 0 Å². The van der Waals surface area contributed by atoms with E-state index in [0.717, 1.165) is 16.6 Å². The van der Waals surface area contributed by atoms with Crippen LogP contribution in [0.2, 0.25) is 0 Å². The number of carbonyl (C=O) groups is 1. The summed E-state index contributed by atoms with van der Waals surface area (Å²) in [6, 6.07) is 15.2. The number of imidazole rings is 1. The van der Waals surface area contributed by atoms with E-state index in [9.17, 15) is 9.90 Å². The quantitative estimate of drug-likeness (QED) is 0.757. The van der Waals surface area contributed by atoms with Gasteiger partial charge in [0.25, 0.3) is 5.91 Å². The summed E-state index contributed by atoms with van der Waals surface area (Å²) >= 11 is 0. The average Bonchev–Trinajstić information content (AvgIpc) is 2.95. The number of aryl methyl sites for hydroxylation is 2. The molecule has 0 fully saturated rings. The van der Waals surface area contributed by atoms with Crippen molar-refractivity contribution < 1.29 is 9.90 Å². The van der Waals surface area contributed by atoms with E-state index in [-0.39, 0.29) is 17.2 Å². The van der Waals surface area contributed by atoms with Gasteiger partial charge in [0.2, 0.25) is 0 Å². The first-order valence-corrected chi connectivity index (χ1v) is 7.90. The Bertz CT molecular complexity index is 971. The number of rotatable bonds is 2. The Balaban J connectivity index is 1.80. The lowest BCUT2D eigenvalue weighted by Crippen LogP contribution is -2.22. The molecule has 1 amide bonds. The van der Waals surface area contributed by atoms with Gasteiger partial charge < -0.3 is 15.0 Å². The van der Waals surface area contributed by atoms with E-state index in [1.807, 2.05) is 60.0 Å². The molecule has 0 unspecified atom stereocenters. The van der Waals surface area contributed by atoms with Gasteiger partial charge in [0.05, 0.1) is 11.0 Å². The predicted octanol–water partition coefficient (Wildman–Crippen LogP) is 3.66. The fourth-order valence-electron chi connectivity index (χ4n) is 3.12. The number of hydrogen-bond donors (Lipinski definition) is 2. The van der Waals surface area contributed by atoms with Gasteiger partial charge in [-0.25, -0.2) is 4.98 Å². The smallest absolute Gasteiger partial charge is 0.262 e. The molecule has 2 N–H and O–H groups in total. The standard InChI is InChI=1S/C19H17N3O2/c1-12-6-5-9-14-17(12)21-18-16(15(23)10-11-22(14)18)19(24)20-13-7-3-2-4-8-13/h2-9,23H,10-11H2,1H3,(H,20,24). The Morgan fingerprint density at radius 2 is 1.96 bits per heavy atom. The number of nitrogens with one attached hydrogen (secondary N) is 1. The highest BCUT2D eigenvalue weighted by Crippen LogP contribution is 2.31. The van der Waals surface area contributed by atoms with Gasteiger partial charge in [-0.2, -0.15) is 0 Å². The maximum Gasteiger partial charge on any atom is 0.262 e. The molecule has 5 nitrogen and oxygen atoms in total. The lowest BCUT2D eigenvalue weighted by atomic mass is 10.1. The second-order valence-electron chi connectivity index (χ2n) is 5.92. The van der Waals surface area contributed by atoms with Crippen molar-refractivity contribution in [1.29, 1.82) is 0 Å². The highest BCUT2D eigenvalue weighted by atomic mass is 16.3. The van der Waals surface area contributed by atoms with Crippen LogP contribution in [-0.4, -0.2) is 20.6 Å². The van der Waals surface area contributed by atoms with Gasteiger partial charge in [-0.15, -0.1) is 0 Å². The highest BCUT2D eigenvalue weighted by Gasteiger charge is 2.28. The fourth-order valence-corrected chi connectivity index (χ4v) is 3.12. The van der Waals surface area contributed by atoms with Crippen LogP contribution in [0.5, 0.6) is 0 Å². The Morgan fingerprint density at radius 1 is 1.17 bits per heavy atom. The zero-order valence-corrected chi connectivity index (χ0v) is 13.3. The number of nitrogens with zero attached hydrogens (tertiary/aromatic N) is 2. The minimum Gasteiger partial charge on any atom is -0.511 e. The minimum absolute atomic E-state index is 0.0869. The molecule has 0 spiro atoms. The van der Waals surface area contributed by atoms with Crippen molar-refractivity contribution in [3.63, 3.8) is 0 Å². The number of anilines is 1. The van der Waals surface area contributed by atoms with E-state index in [1.165, 1.54) is 0 Å². The topological polar surface area (TPSA) is 67.1 Å². The largest absolute Gasteiger partial charge is 0.511 e. The molecule has 0 saturated carbocycles. The molecule has 0 radical (unpaired) electrons. The molecule has 0 atom stereocenters. The Kier molecular flexibility index (Phi) is 3.34. The molecule has 2 aromatic carbocycles. The third-order valence-corrected chi connectivity index (χ3v) is 4.32. The van der Waals surface area contributed by atoms with Crippen LogP contribution >= 0.6 is 0 Å². The SMILES string of the molecule is Cc1cccc2c1nc1n2CCC(O)=C1C(=O)Nc1ccccc1. The Labute approximate surface area is 139 Å². The van der Waals surface area contributed by atoms with Crippen LogP contribution in [0.15, 0.2) is 54.3 Å². The maximum absolute atomic E-state index is 12.7. The second-order valence-corrected chi connectivity index (χ2v) is 5.92. The second kappa shape index (κ2) is 5.53. The molecule has 1 aliphatic rings. The van der Waals surface area contributed by atoms with E-state index in [1.54, 1.807) is 0 Å². The lowest BCUT2D eigenvalue weighted by Gasteiger charge is -2.18. The van der Waals surface area contributed by atoms with Crippen molar-refractivity contribution >= 4 is 28.2 Å². The van der Waals surface area contributed by atoms with Gasteiger partial charge in [-0.3, -0.25) is 4.79 Å². The van der Waals surface area contributed by atoms with Crippen molar-refractivity contribution in [3.05, 3.63) is 65.7 Å². The van der Waals surface area contributed by atoms with Gasteiger partial charge in [0.15, 0.2) is 0 Å². The van der Waals surface area contributed by atoms with E-state index < -0.39 is 0 Å². The molecule has 2 heterocycles. The zero-order chi connectivity index (χ0) is 16.7. The molecular weight excluding hydrogens is 302 g/mol. The summed E-state index contributed by atoms with van der Waals surface area (Å²) in [6.07, 6.45) is 0.421. The summed E-state index contributed by atoms with van der Waals surface area (Å²) in [4.78, 5) is 17.4. The number of aliphatic hydroxyl groups is 1. The number of allylic oxidation sites excluding steroid dienone is 1. The first-order chi connectivity index (χ1) is 11.6. The van der Waals surface area contributed by atoms with Crippen molar-refractivity contribution in [2.75, 3.05) is 5.32 Å². The number of benzene rings is 2. The van der Waals surface area contributed by atoms with Crippen LogP contribution in [-0.2, 0) is 11.3 Å². The maximum atomic E-state index is 12.7. The number of amides is 1. The number of fused-ring (bicyclic) bond motifs is 3. The van der Waals surface area contributed by atoms with E-state index in [2.05, 4.69) is 10.3 Å². The van der Waals surface area contributed by atoms with Crippen molar-refractivity contribution in [2.45, 2.75) is 19.9 Å². The molecule has 0 aliphatic carbocycles. The molecule has 120 valence electrons. The number of hydrogen-bond acceptors (Lipinski definition) is 3. The summed E-state index contributed by atoms with van der Waals surface area (Å²) in [5.74, 6) is 0.271. The third kappa shape index (κ3) is 2.25. The zero-order valence-electron chi connectivity index (χ0n) is 13.3. The summed E-state index contributed by atoms with van der Waals surface area (Å²) in [7, 11) is 0. The lowest BCUT2D eigenvalue weighted by molar-refractivity contribution is -0.111. The van der Waals surface area contributed by atoms with Crippen LogP contribution in [0, 0.1) is 6.92 Å². The molecule has 0 bridgehead atoms. The normalized spacial score (nSPS) is 13.9. The minimum atomic E-state index is -0.340. The Morgan fingerprint density at radius 3 is 2.75 bits per heavy atom. The number of aromatic nitrogens is 2. The molecule has 5 heteroatoms. The van der Waals surface area contributed by atoms with Crippen LogP contribution in [0.25, 0.3) is 16.6 Å². The summed E-state index contributed by atoms with van der Waals surface area (Å²) < 4.78 is 2.00. The average molecular weight is 319 g/mol. The van der Waals surface area contributed by atoms with Crippen LogP contribution in [0.1, 0.15) is 17.8 Å². The van der Waals surface area contributed by atoms with E-state index in [0.29, 0.717) is 24.5 Å². The van der Waals surface area contributed by atoms with Gasteiger partial charge in [0.1, 0.15) is 17.2 Å². The summed E-state index contributed by atoms with van der Waals surface area (Å²) in [5.41, 5.74) is 3.85. The molecular formula is C19H17N3O2. The van der Waals surface area contributed by atoms with Crippen LogP contribution in [0.3, 0.4) is 0 Å². The van der Waals surface area contributed by atoms with Crippen molar-refractivity contribution in [2.24, 2.45) is 0 Å². The fraction of sp³-hybridized carbons (Fsp3) is 0.158. The van der Waals surface area contributed by atoms with Crippen LogP contribution in [0.4, 0.5) is 5.69 Å². The summed E-state index contributed by atoms with van der Waals surface area (Å²) in [5, 5.41) is 13.2. The van der Waals surface area contributed by atoms with E-state index in [4.69, 9.17) is 0 Å². The van der Waals surface area contributed by atoms with Gasteiger partial charge >= 0.3 is 0 Å². The number of para-hydroxylation sites is 2. The van der Waals surface area contributed by atoms with Crippen molar-refractivity contribution in [3.8, 4) is 0 Å². The highest BCUT2D eigenvalue weighted by molar-refractivity contribution is 6.25. The first-order valence-electron chi connectivity index (χ1n) is 7.90. The van der Waals surface area contributed by atoms with Crippen LogP contribution < -0.4 is 5.32 Å².